The summed E-state index contributed by atoms with van der Waals surface area (Å²) in [6.45, 7) is 2.01. The molecule has 0 spiro atoms. The van der Waals surface area contributed by atoms with Crippen LogP contribution in [0.3, 0.4) is 0 Å². The van der Waals surface area contributed by atoms with Crippen LogP contribution in [0.2, 0.25) is 0 Å². The van der Waals surface area contributed by atoms with E-state index in [1.807, 2.05) is 6.92 Å². The summed E-state index contributed by atoms with van der Waals surface area (Å²) < 4.78 is 21.7. The first-order chi connectivity index (χ1) is 6.35. The highest BCUT2D eigenvalue weighted by Gasteiger charge is 2.10. The van der Waals surface area contributed by atoms with Crippen molar-refractivity contribution >= 4 is 27.4 Å². The molecule has 0 aliphatic heterocycles. The number of sulfone groups is 1. The third-order valence-electron chi connectivity index (χ3n) is 1.71. The summed E-state index contributed by atoms with van der Waals surface area (Å²) in [7, 11) is -2.86. The van der Waals surface area contributed by atoms with E-state index in [0.29, 0.717) is 12.2 Å². The maximum absolute atomic E-state index is 10.8. The summed E-state index contributed by atoms with van der Waals surface area (Å²) in [5, 5.41) is 7.41. The number of hydrogen-bond acceptors (Lipinski definition) is 4. The van der Waals surface area contributed by atoms with Gasteiger partial charge in [-0.25, -0.2) is 8.42 Å². The normalized spacial score (nSPS) is 13.9. The first-order valence-corrected chi connectivity index (χ1v) is 7.58. The summed E-state index contributed by atoms with van der Waals surface area (Å²) in [5.74, 6) is 0.958. The van der Waals surface area contributed by atoms with Gasteiger partial charge in [-0.15, -0.1) is 0 Å². The Kier molecular flexibility index (Phi) is 6.19. The molecule has 1 unspecified atom stereocenters. The summed E-state index contributed by atoms with van der Waals surface area (Å²) in [6.07, 6.45) is 2.69. The van der Waals surface area contributed by atoms with Crippen molar-refractivity contribution < 1.29 is 8.42 Å². The zero-order valence-electron chi connectivity index (χ0n) is 8.62. The molecule has 6 heteroatoms. The molecule has 0 fully saturated rings. The average molecular weight is 238 g/mol. The average Bonchev–Trinajstić information content (AvgIpc) is 1.99. The van der Waals surface area contributed by atoms with Gasteiger partial charge in [-0.3, -0.25) is 5.41 Å². The van der Waals surface area contributed by atoms with E-state index < -0.39 is 9.84 Å². The van der Waals surface area contributed by atoms with Gasteiger partial charge in [0.1, 0.15) is 9.84 Å². The molecule has 0 aliphatic rings. The van der Waals surface area contributed by atoms with Crippen LogP contribution in [-0.4, -0.2) is 37.3 Å². The third-order valence-corrected chi connectivity index (χ3v) is 4.33. The maximum Gasteiger partial charge on any atom is 0.148 e. The van der Waals surface area contributed by atoms with Crippen LogP contribution in [0.4, 0.5) is 0 Å². The van der Waals surface area contributed by atoms with Gasteiger partial charge in [-0.2, -0.15) is 11.8 Å². The molecule has 0 amide bonds. The largest absolute Gasteiger partial charge is 0.388 e. The van der Waals surface area contributed by atoms with Crippen molar-refractivity contribution in [3.63, 3.8) is 0 Å². The fourth-order valence-electron chi connectivity index (χ4n) is 0.933. The lowest BCUT2D eigenvalue weighted by Crippen LogP contribution is -2.18. The highest BCUT2D eigenvalue weighted by atomic mass is 32.2. The second kappa shape index (κ2) is 6.29. The molecule has 4 nitrogen and oxygen atoms in total. The molecule has 0 aliphatic carbocycles. The van der Waals surface area contributed by atoms with E-state index in [4.69, 9.17) is 11.1 Å². The molecule has 0 aromatic rings. The Morgan fingerprint density at radius 2 is 2.14 bits per heavy atom. The van der Waals surface area contributed by atoms with Crippen molar-refractivity contribution in [2.75, 3.05) is 17.8 Å². The number of thioether (sulfide) groups is 1. The molecule has 0 rings (SSSR count). The Labute approximate surface area is 90.1 Å². The van der Waals surface area contributed by atoms with Crippen LogP contribution in [0.25, 0.3) is 0 Å². The third kappa shape index (κ3) is 8.37. The van der Waals surface area contributed by atoms with Gasteiger partial charge in [-0.05, 0) is 6.42 Å². The molecule has 0 saturated carbocycles. The molecule has 0 aromatic carbocycles. The summed E-state index contributed by atoms with van der Waals surface area (Å²) in [6, 6.07) is 0. The van der Waals surface area contributed by atoms with Gasteiger partial charge in [0.25, 0.3) is 0 Å². The maximum atomic E-state index is 10.8. The van der Waals surface area contributed by atoms with E-state index in [0.717, 1.165) is 6.42 Å². The highest BCUT2D eigenvalue weighted by molar-refractivity contribution is 8.01. The number of nitrogens with two attached hydrogens (primary N) is 1. The van der Waals surface area contributed by atoms with E-state index in [1.54, 1.807) is 11.8 Å². The van der Waals surface area contributed by atoms with Crippen LogP contribution in [0, 0.1) is 5.41 Å². The summed E-state index contributed by atoms with van der Waals surface area (Å²) >= 11 is 1.58. The molecule has 84 valence electrons. The SMILES string of the molecule is CCC(CC(=N)N)SCCS(C)(=O)=O. The van der Waals surface area contributed by atoms with E-state index >= 15 is 0 Å². The lowest BCUT2D eigenvalue weighted by Gasteiger charge is -2.12. The van der Waals surface area contributed by atoms with E-state index in [2.05, 4.69) is 0 Å². The number of nitrogens with one attached hydrogen (secondary N) is 1. The van der Waals surface area contributed by atoms with Crippen molar-refractivity contribution in [1.29, 1.82) is 5.41 Å². The van der Waals surface area contributed by atoms with E-state index in [1.165, 1.54) is 6.26 Å². The standard InChI is InChI=1S/C8H18N2O2S2/c1-3-7(6-8(9)10)13-4-5-14(2,11)12/h7H,3-6H2,1-2H3,(H3,9,10). The zero-order chi connectivity index (χ0) is 11.2. The van der Waals surface area contributed by atoms with Crippen molar-refractivity contribution in [2.24, 2.45) is 5.73 Å². The van der Waals surface area contributed by atoms with Crippen LogP contribution in [0.1, 0.15) is 19.8 Å². The van der Waals surface area contributed by atoms with Crippen LogP contribution < -0.4 is 5.73 Å². The first kappa shape index (κ1) is 13.8. The monoisotopic (exact) mass is 238 g/mol. The number of hydrogen-bond donors (Lipinski definition) is 2. The van der Waals surface area contributed by atoms with Crippen LogP contribution in [-0.2, 0) is 9.84 Å². The van der Waals surface area contributed by atoms with E-state index in [9.17, 15) is 8.42 Å². The predicted octanol–water partition coefficient (Wildman–Crippen LogP) is 0.869. The molecule has 3 N–H and O–H groups in total. The van der Waals surface area contributed by atoms with E-state index in [-0.39, 0.29) is 16.8 Å². The fraction of sp³-hybridized carbons (Fsp3) is 0.875. The topological polar surface area (TPSA) is 84.0 Å². The Morgan fingerprint density at radius 1 is 1.57 bits per heavy atom. The van der Waals surface area contributed by atoms with Gasteiger partial charge in [0.15, 0.2) is 0 Å². The smallest absolute Gasteiger partial charge is 0.148 e. The van der Waals surface area contributed by atoms with Gasteiger partial charge in [0, 0.05) is 23.7 Å². The molecular weight excluding hydrogens is 220 g/mol. The minimum absolute atomic E-state index is 0.170. The molecule has 14 heavy (non-hydrogen) atoms. The summed E-state index contributed by atoms with van der Waals surface area (Å²) in [5.41, 5.74) is 5.28. The Balaban J connectivity index is 3.79. The predicted molar refractivity (Wildman–Crippen MR) is 62.8 cm³/mol. The van der Waals surface area contributed by atoms with Gasteiger partial charge in [-0.1, -0.05) is 6.92 Å². The van der Waals surface area contributed by atoms with Crippen molar-refractivity contribution in [3.8, 4) is 0 Å². The Morgan fingerprint density at radius 3 is 2.50 bits per heavy atom. The van der Waals surface area contributed by atoms with Crippen LogP contribution in [0.15, 0.2) is 0 Å². The molecule has 0 aromatic heterocycles. The molecule has 0 saturated heterocycles. The lowest BCUT2D eigenvalue weighted by molar-refractivity contribution is 0.603. The lowest BCUT2D eigenvalue weighted by atomic mass is 10.2. The summed E-state index contributed by atoms with van der Waals surface area (Å²) in [4.78, 5) is 0. The molecule has 1 atom stereocenters. The highest BCUT2D eigenvalue weighted by Crippen LogP contribution is 2.17. The minimum atomic E-state index is -2.86. The zero-order valence-corrected chi connectivity index (χ0v) is 10.2. The second-order valence-electron chi connectivity index (χ2n) is 3.26. The van der Waals surface area contributed by atoms with Crippen molar-refractivity contribution in [1.82, 2.24) is 0 Å². The number of amidine groups is 1. The Hall–Kier alpha value is -0.230. The quantitative estimate of drug-likeness (QED) is 0.509. The first-order valence-electron chi connectivity index (χ1n) is 4.47. The molecule has 0 bridgehead atoms. The van der Waals surface area contributed by atoms with Gasteiger partial charge in [0.05, 0.1) is 11.6 Å². The fourth-order valence-corrected chi connectivity index (χ4v) is 3.39. The van der Waals surface area contributed by atoms with Crippen molar-refractivity contribution in [3.05, 3.63) is 0 Å². The molecule has 0 heterocycles. The Bertz CT molecular complexity index is 275. The van der Waals surface area contributed by atoms with Crippen LogP contribution >= 0.6 is 11.8 Å². The second-order valence-corrected chi connectivity index (χ2v) is 6.93. The van der Waals surface area contributed by atoms with Gasteiger partial charge < -0.3 is 5.73 Å². The molecular formula is C8H18N2O2S2. The number of rotatable bonds is 7. The van der Waals surface area contributed by atoms with Gasteiger partial charge >= 0.3 is 0 Å². The van der Waals surface area contributed by atoms with Crippen molar-refractivity contribution in [2.45, 2.75) is 25.0 Å². The van der Waals surface area contributed by atoms with Gasteiger partial charge in [0.2, 0.25) is 0 Å². The van der Waals surface area contributed by atoms with Crippen LogP contribution in [0.5, 0.6) is 0 Å². The molecule has 0 radical (unpaired) electrons. The minimum Gasteiger partial charge on any atom is -0.388 e.